The Morgan fingerprint density at radius 1 is 1.12 bits per heavy atom. The molecule has 1 unspecified atom stereocenters. The maximum absolute atomic E-state index is 12.5. The first-order valence-corrected chi connectivity index (χ1v) is 8.72. The van der Waals surface area contributed by atoms with Crippen molar-refractivity contribution < 1.29 is 9.53 Å². The first-order valence-electron chi connectivity index (χ1n) is 8.31. The third-order valence-corrected chi connectivity index (χ3v) is 4.21. The molecule has 1 aliphatic rings. The van der Waals surface area contributed by atoms with Gasteiger partial charge in [-0.2, -0.15) is 0 Å². The van der Waals surface area contributed by atoms with Crippen molar-refractivity contribution in [1.82, 2.24) is 0 Å². The standard InChI is InChI=1S/C20H22N2O2S/c1-20(2,3)24-18(23)13-17-15-11-7-8-12-16(15)21-19(25)22(17)14-9-5-4-6-10-14/h4-12,17H,13H2,1-3H3,(H,21,25). The predicted octanol–water partition coefficient (Wildman–Crippen LogP) is 4.68. The Labute approximate surface area is 153 Å². The van der Waals surface area contributed by atoms with E-state index >= 15 is 0 Å². The smallest absolute Gasteiger partial charge is 0.308 e. The van der Waals surface area contributed by atoms with Gasteiger partial charge in [0.05, 0.1) is 12.5 Å². The molecule has 0 bridgehead atoms. The van der Waals surface area contributed by atoms with E-state index in [1.807, 2.05) is 80.3 Å². The molecule has 1 N–H and O–H groups in total. The minimum atomic E-state index is -0.512. The summed E-state index contributed by atoms with van der Waals surface area (Å²) < 4.78 is 5.55. The monoisotopic (exact) mass is 354 g/mol. The molecule has 2 aromatic carbocycles. The predicted molar refractivity (Wildman–Crippen MR) is 105 cm³/mol. The highest BCUT2D eigenvalue weighted by Crippen LogP contribution is 2.38. The number of thiocarbonyl (C=S) groups is 1. The zero-order valence-corrected chi connectivity index (χ0v) is 15.5. The summed E-state index contributed by atoms with van der Waals surface area (Å²) in [6.45, 7) is 5.63. The molecule has 0 fully saturated rings. The second-order valence-corrected chi connectivity index (χ2v) is 7.42. The molecule has 3 rings (SSSR count). The summed E-state index contributed by atoms with van der Waals surface area (Å²) in [5.74, 6) is -0.238. The average molecular weight is 354 g/mol. The lowest BCUT2D eigenvalue weighted by Gasteiger charge is -2.39. The number of nitrogens with one attached hydrogen (secondary N) is 1. The van der Waals surface area contributed by atoms with E-state index < -0.39 is 5.60 Å². The van der Waals surface area contributed by atoms with Crippen LogP contribution in [0.5, 0.6) is 0 Å². The highest BCUT2D eigenvalue weighted by molar-refractivity contribution is 7.80. The topological polar surface area (TPSA) is 41.6 Å². The van der Waals surface area contributed by atoms with Gasteiger partial charge in [0.15, 0.2) is 5.11 Å². The van der Waals surface area contributed by atoms with Crippen LogP contribution in [0.15, 0.2) is 54.6 Å². The number of benzene rings is 2. The Kier molecular flexibility index (Phi) is 4.77. The van der Waals surface area contributed by atoms with Gasteiger partial charge in [-0.3, -0.25) is 4.79 Å². The molecule has 0 amide bonds. The van der Waals surface area contributed by atoms with Crippen LogP contribution in [-0.4, -0.2) is 16.7 Å². The number of anilines is 2. The second-order valence-electron chi connectivity index (χ2n) is 7.03. The van der Waals surface area contributed by atoms with E-state index in [0.29, 0.717) is 5.11 Å². The maximum Gasteiger partial charge on any atom is 0.308 e. The van der Waals surface area contributed by atoms with Crippen LogP contribution in [0.2, 0.25) is 0 Å². The van der Waals surface area contributed by atoms with Crippen molar-refractivity contribution in [1.29, 1.82) is 0 Å². The molecule has 1 atom stereocenters. The number of ether oxygens (including phenoxy) is 1. The maximum atomic E-state index is 12.5. The molecule has 0 saturated heterocycles. The van der Waals surface area contributed by atoms with E-state index in [0.717, 1.165) is 16.9 Å². The Hall–Kier alpha value is -2.40. The molecule has 0 aliphatic carbocycles. The van der Waals surface area contributed by atoms with E-state index in [9.17, 15) is 4.79 Å². The van der Waals surface area contributed by atoms with Crippen LogP contribution in [0.4, 0.5) is 11.4 Å². The molecule has 5 heteroatoms. The Morgan fingerprint density at radius 3 is 2.44 bits per heavy atom. The summed E-state index contributed by atoms with van der Waals surface area (Å²) in [5, 5.41) is 3.85. The molecule has 0 aromatic heterocycles. The highest BCUT2D eigenvalue weighted by atomic mass is 32.1. The van der Waals surface area contributed by atoms with Crippen LogP contribution in [0.3, 0.4) is 0 Å². The number of nitrogens with zero attached hydrogens (tertiary/aromatic N) is 1. The SMILES string of the molecule is CC(C)(C)OC(=O)CC1c2ccccc2NC(=S)N1c1ccccc1. The van der Waals surface area contributed by atoms with Crippen LogP contribution < -0.4 is 10.2 Å². The van der Waals surface area contributed by atoms with E-state index in [-0.39, 0.29) is 18.4 Å². The van der Waals surface area contributed by atoms with Crippen molar-refractivity contribution in [3.63, 3.8) is 0 Å². The van der Waals surface area contributed by atoms with Crippen molar-refractivity contribution in [3.05, 3.63) is 60.2 Å². The number of rotatable bonds is 3. The summed E-state index contributed by atoms with van der Waals surface area (Å²) in [7, 11) is 0. The summed E-state index contributed by atoms with van der Waals surface area (Å²) in [6, 6.07) is 17.6. The molecule has 2 aromatic rings. The quantitative estimate of drug-likeness (QED) is 0.640. The Morgan fingerprint density at radius 2 is 1.76 bits per heavy atom. The third-order valence-electron chi connectivity index (χ3n) is 3.91. The summed E-state index contributed by atoms with van der Waals surface area (Å²) >= 11 is 5.59. The van der Waals surface area contributed by atoms with Gasteiger partial charge in [-0.05, 0) is 56.8 Å². The normalized spacial score (nSPS) is 16.8. The van der Waals surface area contributed by atoms with Crippen molar-refractivity contribution in [3.8, 4) is 0 Å². The van der Waals surface area contributed by atoms with Crippen molar-refractivity contribution in [2.75, 3.05) is 10.2 Å². The van der Waals surface area contributed by atoms with Gasteiger partial charge >= 0.3 is 5.97 Å². The number of fused-ring (bicyclic) bond motifs is 1. The van der Waals surface area contributed by atoms with Gasteiger partial charge in [0.2, 0.25) is 0 Å². The number of para-hydroxylation sites is 2. The molecular formula is C20H22N2O2S. The van der Waals surface area contributed by atoms with E-state index in [2.05, 4.69) is 5.32 Å². The Bertz CT molecular complexity index is 784. The summed E-state index contributed by atoms with van der Waals surface area (Å²) in [4.78, 5) is 14.5. The zero-order valence-electron chi connectivity index (χ0n) is 14.7. The van der Waals surface area contributed by atoms with Gasteiger partial charge in [0, 0.05) is 11.4 Å². The summed E-state index contributed by atoms with van der Waals surface area (Å²) in [5.41, 5.74) is 2.41. The highest BCUT2D eigenvalue weighted by Gasteiger charge is 2.34. The molecule has 0 spiro atoms. The number of carbonyl (C=O) groups is 1. The lowest BCUT2D eigenvalue weighted by atomic mass is 9.97. The fourth-order valence-electron chi connectivity index (χ4n) is 2.99. The van der Waals surface area contributed by atoms with Crippen molar-refractivity contribution in [2.45, 2.75) is 38.8 Å². The van der Waals surface area contributed by atoms with Crippen LogP contribution in [0.1, 0.15) is 38.8 Å². The van der Waals surface area contributed by atoms with Crippen LogP contribution in [-0.2, 0) is 9.53 Å². The molecule has 130 valence electrons. The molecule has 0 radical (unpaired) electrons. The number of hydrogen-bond donors (Lipinski definition) is 1. The number of carbonyl (C=O) groups excluding carboxylic acids is 1. The molecule has 4 nitrogen and oxygen atoms in total. The third kappa shape index (κ3) is 3.99. The van der Waals surface area contributed by atoms with Crippen molar-refractivity contribution >= 4 is 34.7 Å². The molecule has 1 aliphatic heterocycles. The van der Waals surface area contributed by atoms with E-state index in [1.54, 1.807) is 0 Å². The second kappa shape index (κ2) is 6.84. The minimum Gasteiger partial charge on any atom is -0.460 e. The molecule has 0 saturated carbocycles. The Balaban J connectivity index is 1.98. The van der Waals surface area contributed by atoms with Gasteiger partial charge in [-0.15, -0.1) is 0 Å². The molecule has 25 heavy (non-hydrogen) atoms. The number of hydrogen-bond acceptors (Lipinski definition) is 3. The first kappa shape index (κ1) is 17.4. The van der Waals surface area contributed by atoms with Crippen LogP contribution in [0, 0.1) is 0 Å². The molecular weight excluding hydrogens is 332 g/mol. The van der Waals surface area contributed by atoms with Gasteiger partial charge in [-0.1, -0.05) is 36.4 Å². The largest absolute Gasteiger partial charge is 0.460 e. The average Bonchev–Trinajstić information content (AvgIpc) is 2.54. The van der Waals surface area contributed by atoms with Crippen molar-refractivity contribution in [2.24, 2.45) is 0 Å². The van der Waals surface area contributed by atoms with Crippen LogP contribution >= 0.6 is 12.2 Å². The van der Waals surface area contributed by atoms with Gasteiger partial charge < -0.3 is 15.0 Å². The lowest BCUT2D eigenvalue weighted by Crippen LogP contribution is -2.43. The summed E-state index contributed by atoms with van der Waals surface area (Å²) in [6.07, 6.45) is 0.227. The lowest BCUT2D eigenvalue weighted by molar-refractivity contribution is -0.155. The zero-order chi connectivity index (χ0) is 18.0. The van der Waals surface area contributed by atoms with Crippen LogP contribution in [0.25, 0.3) is 0 Å². The van der Waals surface area contributed by atoms with E-state index in [4.69, 9.17) is 17.0 Å². The van der Waals surface area contributed by atoms with Gasteiger partial charge in [-0.25, -0.2) is 0 Å². The van der Waals surface area contributed by atoms with Gasteiger partial charge in [0.1, 0.15) is 5.60 Å². The van der Waals surface area contributed by atoms with E-state index in [1.165, 1.54) is 0 Å². The number of esters is 1. The molecule has 1 heterocycles. The fraction of sp³-hybridized carbons (Fsp3) is 0.300. The van der Waals surface area contributed by atoms with Gasteiger partial charge in [0.25, 0.3) is 0 Å². The first-order chi connectivity index (χ1) is 11.8. The minimum absolute atomic E-state index is 0.206. The fourth-order valence-corrected chi connectivity index (χ4v) is 3.33.